The number of aryl methyl sites for hydroxylation is 1. The number of pyridine rings is 1. The summed E-state index contributed by atoms with van der Waals surface area (Å²) >= 11 is 3.62. The Morgan fingerprint density at radius 1 is 1.11 bits per heavy atom. The van der Waals surface area contributed by atoms with Gasteiger partial charge in [-0.3, -0.25) is 4.98 Å². The molecule has 0 bridgehead atoms. The number of benzene rings is 1. The summed E-state index contributed by atoms with van der Waals surface area (Å²) in [5.41, 5.74) is 3.93. The molecule has 0 aliphatic carbocycles. The number of hydrogen-bond acceptors (Lipinski definition) is 6. The summed E-state index contributed by atoms with van der Waals surface area (Å²) in [7, 11) is 4.14. The molecule has 2 heterocycles. The highest BCUT2D eigenvalue weighted by Crippen LogP contribution is 2.28. The highest BCUT2D eigenvalue weighted by atomic mass is 79.9. The largest absolute Gasteiger partial charge is 0.354 e. The van der Waals surface area contributed by atoms with Crippen molar-refractivity contribution in [3.05, 3.63) is 58.8 Å². The van der Waals surface area contributed by atoms with Crippen molar-refractivity contribution < 1.29 is 0 Å². The second kappa shape index (κ2) is 9.61. The molecule has 0 saturated carbocycles. The van der Waals surface area contributed by atoms with Gasteiger partial charge < -0.3 is 15.5 Å². The summed E-state index contributed by atoms with van der Waals surface area (Å²) in [5, 5.41) is 6.73. The average Bonchev–Trinajstić information content (AvgIpc) is 2.68. The molecule has 7 heteroatoms. The van der Waals surface area contributed by atoms with Crippen molar-refractivity contribution in [1.29, 1.82) is 0 Å². The SMILES string of the molecule is Cc1ccc(Nc2cc(-c3cccnc3)nc(NCCCN(C)C)n2)c(Br)c1. The van der Waals surface area contributed by atoms with Crippen molar-refractivity contribution in [3.63, 3.8) is 0 Å². The van der Waals surface area contributed by atoms with Crippen LogP contribution < -0.4 is 10.6 Å². The number of hydrogen-bond donors (Lipinski definition) is 2. The van der Waals surface area contributed by atoms with Crippen LogP contribution in [0.2, 0.25) is 0 Å². The Morgan fingerprint density at radius 3 is 2.68 bits per heavy atom. The van der Waals surface area contributed by atoms with E-state index in [0.717, 1.165) is 46.7 Å². The molecule has 0 atom stereocenters. The third-order valence-corrected chi connectivity index (χ3v) is 4.79. The second-order valence-electron chi connectivity index (χ2n) is 6.90. The molecule has 0 spiro atoms. The number of anilines is 3. The van der Waals surface area contributed by atoms with E-state index in [9.17, 15) is 0 Å². The van der Waals surface area contributed by atoms with Crippen LogP contribution >= 0.6 is 15.9 Å². The number of rotatable bonds is 8. The lowest BCUT2D eigenvalue weighted by Gasteiger charge is -2.13. The Hall–Kier alpha value is -2.51. The maximum atomic E-state index is 4.67. The Bertz CT molecular complexity index is 914. The number of halogens is 1. The van der Waals surface area contributed by atoms with Crippen LogP contribution in [0.3, 0.4) is 0 Å². The molecule has 0 aliphatic heterocycles. The normalized spacial score (nSPS) is 10.9. The van der Waals surface area contributed by atoms with Gasteiger partial charge >= 0.3 is 0 Å². The summed E-state index contributed by atoms with van der Waals surface area (Å²) in [6, 6.07) is 12.0. The van der Waals surface area contributed by atoms with E-state index in [1.165, 1.54) is 5.56 Å². The van der Waals surface area contributed by atoms with E-state index in [-0.39, 0.29) is 0 Å². The Balaban J connectivity index is 1.86. The molecular weight excluding hydrogens is 416 g/mol. The van der Waals surface area contributed by atoms with Gasteiger partial charge in [0.05, 0.1) is 11.4 Å². The zero-order valence-electron chi connectivity index (χ0n) is 16.4. The van der Waals surface area contributed by atoms with Crippen LogP contribution in [0.15, 0.2) is 53.3 Å². The monoisotopic (exact) mass is 440 g/mol. The molecule has 3 rings (SSSR count). The highest BCUT2D eigenvalue weighted by molar-refractivity contribution is 9.10. The van der Waals surface area contributed by atoms with E-state index >= 15 is 0 Å². The van der Waals surface area contributed by atoms with Crippen molar-refractivity contribution in [2.24, 2.45) is 0 Å². The predicted molar refractivity (Wildman–Crippen MR) is 119 cm³/mol. The fourth-order valence-electron chi connectivity index (χ4n) is 2.71. The fourth-order valence-corrected chi connectivity index (χ4v) is 3.30. The topological polar surface area (TPSA) is 66.0 Å². The Kier molecular flexibility index (Phi) is 6.95. The van der Waals surface area contributed by atoms with Gasteiger partial charge in [-0.15, -0.1) is 0 Å². The van der Waals surface area contributed by atoms with Crippen LogP contribution in [0, 0.1) is 6.92 Å². The van der Waals surface area contributed by atoms with Gasteiger partial charge in [0.25, 0.3) is 0 Å². The smallest absolute Gasteiger partial charge is 0.225 e. The van der Waals surface area contributed by atoms with Crippen LogP contribution in [0.25, 0.3) is 11.3 Å². The predicted octanol–water partition coefficient (Wildman–Crippen LogP) is 4.72. The van der Waals surface area contributed by atoms with Gasteiger partial charge in [0, 0.05) is 35.0 Å². The highest BCUT2D eigenvalue weighted by Gasteiger charge is 2.09. The summed E-state index contributed by atoms with van der Waals surface area (Å²) in [4.78, 5) is 15.7. The first-order valence-electron chi connectivity index (χ1n) is 9.22. The molecule has 0 unspecified atom stereocenters. The van der Waals surface area contributed by atoms with Gasteiger partial charge in [0.1, 0.15) is 5.82 Å². The molecule has 0 amide bonds. The molecule has 0 saturated heterocycles. The quantitative estimate of drug-likeness (QED) is 0.494. The first-order chi connectivity index (χ1) is 13.5. The van der Waals surface area contributed by atoms with Crippen LogP contribution in [-0.4, -0.2) is 47.0 Å². The lowest BCUT2D eigenvalue weighted by Crippen LogP contribution is -2.17. The minimum atomic E-state index is 0.603. The van der Waals surface area contributed by atoms with E-state index in [1.54, 1.807) is 6.20 Å². The van der Waals surface area contributed by atoms with Crippen molar-refractivity contribution >= 4 is 33.4 Å². The van der Waals surface area contributed by atoms with Crippen LogP contribution in [0.4, 0.5) is 17.5 Å². The van der Waals surface area contributed by atoms with Crippen molar-refractivity contribution in [1.82, 2.24) is 19.9 Å². The van der Waals surface area contributed by atoms with Crippen LogP contribution in [0.5, 0.6) is 0 Å². The number of aromatic nitrogens is 3. The third-order valence-electron chi connectivity index (χ3n) is 4.14. The standard InChI is InChI=1S/C21H25BrN6/c1-15-7-8-18(17(22)12-15)25-20-13-19(16-6-4-9-23-14-16)26-21(27-20)24-10-5-11-28(2)3/h4,6-9,12-14H,5,10-11H2,1-3H3,(H2,24,25,26,27). The molecule has 28 heavy (non-hydrogen) atoms. The molecule has 2 aromatic heterocycles. The summed E-state index contributed by atoms with van der Waals surface area (Å²) in [5.74, 6) is 1.33. The zero-order valence-corrected chi connectivity index (χ0v) is 18.0. The van der Waals surface area contributed by atoms with Crippen molar-refractivity contribution in [2.75, 3.05) is 37.8 Å². The van der Waals surface area contributed by atoms with E-state index in [4.69, 9.17) is 0 Å². The molecule has 6 nitrogen and oxygen atoms in total. The Labute approximate surface area is 174 Å². The maximum absolute atomic E-state index is 4.67. The number of nitrogens with zero attached hydrogens (tertiary/aromatic N) is 4. The minimum Gasteiger partial charge on any atom is -0.354 e. The summed E-state index contributed by atoms with van der Waals surface area (Å²) < 4.78 is 0.995. The summed E-state index contributed by atoms with van der Waals surface area (Å²) in [6.07, 6.45) is 4.58. The Morgan fingerprint density at radius 2 is 1.96 bits per heavy atom. The van der Waals surface area contributed by atoms with Gasteiger partial charge in [-0.05, 0) is 79.7 Å². The molecule has 1 aromatic carbocycles. The zero-order chi connectivity index (χ0) is 19.9. The van der Waals surface area contributed by atoms with Gasteiger partial charge in [-0.1, -0.05) is 6.07 Å². The summed E-state index contributed by atoms with van der Waals surface area (Å²) in [6.45, 7) is 3.88. The molecule has 0 aliphatic rings. The van der Waals surface area contributed by atoms with Crippen molar-refractivity contribution in [2.45, 2.75) is 13.3 Å². The number of nitrogens with one attached hydrogen (secondary N) is 2. The van der Waals surface area contributed by atoms with Crippen LogP contribution in [-0.2, 0) is 0 Å². The van der Waals surface area contributed by atoms with Crippen molar-refractivity contribution in [3.8, 4) is 11.3 Å². The molecule has 3 aromatic rings. The fraction of sp³-hybridized carbons (Fsp3) is 0.286. The molecule has 0 radical (unpaired) electrons. The minimum absolute atomic E-state index is 0.603. The van der Waals surface area contributed by atoms with E-state index in [2.05, 4.69) is 79.6 Å². The lowest BCUT2D eigenvalue weighted by atomic mass is 10.2. The molecule has 0 fully saturated rings. The first kappa shape index (κ1) is 20.2. The van der Waals surface area contributed by atoms with E-state index < -0.39 is 0 Å². The third kappa shape index (κ3) is 5.74. The van der Waals surface area contributed by atoms with Gasteiger partial charge in [0.15, 0.2) is 0 Å². The second-order valence-corrected chi connectivity index (χ2v) is 7.75. The van der Waals surface area contributed by atoms with Gasteiger partial charge in [0.2, 0.25) is 5.95 Å². The first-order valence-corrected chi connectivity index (χ1v) is 10.0. The molecular formula is C21H25BrN6. The van der Waals surface area contributed by atoms with Gasteiger partial charge in [-0.25, -0.2) is 4.98 Å². The lowest BCUT2D eigenvalue weighted by molar-refractivity contribution is 0.405. The average molecular weight is 441 g/mol. The van der Waals surface area contributed by atoms with E-state index in [1.807, 2.05) is 30.5 Å². The van der Waals surface area contributed by atoms with Gasteiger partial charge in [-0.2, -0.15) is 4.98 Å². The van der Waals surface area contributed by atoms with E-state index in [0.29, 0.717) is 5.95 Å². The molecule has 146 valence electrons. The van der Waals surface area contributed by atoms with Crippen LogP contribution in [0.1, 0.15) is 12.0 Å². The maximum Gasteiger partial charge on any atom is 0.225 e. The molecule has 2 N–H and O–H groups in total.